The standard InChI is InChI=1S/C12H10F3N3O2/c1-2-3-9-10(12(19)20)16-17-18(9)11-7(14)4-6(13)5-8(11)15/h4-5H,2-3H2,1H3,(H,19,20). The summed E-state index contributed by atoms with van der Waals surface area (Å²) in [5.74, 6) is -4.77. The van der Waals surface area contributed by atoms with Crippen molar-refractivity contribution >= 4 is 5.97 Å². The van der Waals surface area contributed by atoms with Gasteiger partial charge < -0.3 is 5.11 Å². The third kappa shape index (κ3) is 2.36. The maximum Gasteiger partial charge on any atom is 0.358 e. The summed E-state index contributed by atoms with van der Waals surface area (Å²) in [6.45, 7) is 1.76. The van der Waals surface area contributed by atoms with Crippen molar-refractivity contribution < 1.29 is 23.1 Å². The molecule has 0 fully saturated rings. The summed E-state index contributed by atoms with van der Waals surface area (Å²) >= 11 is 0. The van der Waals surface area contributed by atoms with Gasteiger partial charge in [0.2, 0.25) is 0 Å². The van der Waals surface area contributed by atoms with Gasteiger partial charge in [0.05, 0.1) is 5.69 Å². The van der Waals surface area contributed by atoms with Gasteiger partial charge in [0.1, 0.15) is 11.5 Å². The highest BCUT2D eigenvalue weighted by atomic mass is 19.1. The van der Waals surface area contributed by atoms with Crippen molar-refractivity contribution in [2.45, 2.75) is 19.8 Å². The summed E-state index contributed by atoms with van der Waals surface area (Å²) in [6.07, 6.45) is 0.739. The fourth-order valence-corrected chi connectivity index (χ4v) is 1.85. The smallest absolute Gasteiger partial charge is 0.358 e. The number of aromatic nitrogens is 3. The Hall–Kier alpha value is -2.38. The largest absolute Gasteiger partial charge is 0.476 e. The molecule has 0 atom stereocenters. The fourth-order valence-electron chi connectivity index (χ4n) is 1.85. The number of aromatic carboxylic acids is 1. The van der Waals surface area contributed by atoms with Crippen LogP contribution in [0, 0.1) is 17.5 Å². The molecule has 1 aromatic heterocycles. The second kappa shape index (κ2) is 5.32. The van der Waals surface area contributed by atoms with Crippen LogP contribution in [0.2, 0.25) is 0 Å². The molecule has 1 heterocycles. The van der Waals surface area contributed by atoms with E-state index in [1.54, 1.807) is 6.92 Å². The molecule has 5 nitrogen and oxygen atoms in total. The van der Waals surface area contributed by atoms with Gasteiger partial charge in [-0.05, 0) is 6.42 Å². The molecule has 0 spiro atoms. The highest BCUT2D eigenvalue weighted by Crippen LogP contribution is 2.22. The van der Waals surface area contributed by atoms with Crippen LogP contribution in [0.5, 0.6) is 0 Å². The molecule has 0 unspecified atom stereocenters. The Morgan fingerprint density at radius 3 is 2.40 bits per heavy atom. The van der Waals surface area contributed by atoms with Gasteiger partial charge in [-0.1, -0.05) is 18.6 Å². The number of carbonyl (C=O) groups is 1. The summed E-state index contributed by atoms with van der Waals surface area (Å²) < 4.78 is 41.1. The summed E-state index contributed by atoms with van der Waals surface area (Å²) in [7, 11) is 0. The zero-order valence-electron chi connectivity index (χ0n) is 10.4. The summed E-state index contributed by atoms with van der Waals surface area (Å²) in [5, 5.41) is 15.8. The molecule has 2 rings (SSSR count). The molecule has 106 valence electrons. The van der Waals surface area contributed by atoms with Crippen LogP contribution in [-0.4, -0.2) is 26.1 Å². The van der Waals surface area contributed by atoms with Crippen LogP contribution in [0.4, 0.5) is 13.2 Å². The minimum absolute atomic E-state index is 0.0596. The van der Waals surface area contributed by atoms with Gasteiger partial charge in [-0.2, -0.15) is 0 Å². The zero-order valence-corrected chi connectivity index (χ0v) is 10.4. The maximum absolute atomic E-state index is 13.7. The first kappa shape index (κ1) is 14.0. The Morgan fingerprint density at radius 1 is 1.30 bits per heavy atom. The number of hydrogen-bond acceptors (Lipinski definition) is 3. The first-order chi connectivity index (χ1) is 9.45. The molecule has 0 saturated heterocycles. The number of nitrogens with zero attached hydrogens (tertiary/aromatic N) is 3. The van der Waals surface area contributed by atoms with E-state index in [9.17, 15) is 18.0 Å². The number of benzene rings is 1. The second-order valence-corrected chi connectivity index (χ2v) is 4.07. The minimum atomic E-state index is -1.34. The van der Waals surface area contributed by atoms with Gasteiger partial charge in [-0.3, -0.25) is 0 Å². The lowest BCUT2D eigenvalue weighted by Crippen LogP contribution is -2.10. The van der Waals surface area contributed by atoms with Gasteiger partial charge in [0, 0.05) is 12.1 Å². The number of carboxylic acids is 1. The summed E-state index contributed by atoms with van der Waals surface area (Å²) in [5.41, 5.74) is -0.964. The van der Waals surface area contributed by atoms with Gasteiger partial charge in [0.25, 0.3) is 0 Å². The van der Waals surface area contributed by atoms with Crippen molar-refractivity contribution in [3.63, 3.8) is 0 Å². The first-order valence-corrected chi connectivity index (χ1v) is 5.78. The molecule has 1 aromatic carbocycles. The van der Waals surface area contributed by atoms with Gasteiger partial charge >= 0.3 is 5.97 Å². The normalized spacial score (nSPS) is 10.8. The predicted octanol–water partition coefficient (Wildman–Crippen LogP) is 2.34. The molecule has 2 aromatic rings. The molecule has 20 heavy (non-hydrogen) atoms. The van der Waals surface area contributed by atoms with Crippen LogP contribution in [0.25, 0.3) is 5.69 Å². The summed E-state index contributed by atoms with van der Waals surface area (Å²) in [4.78, 5) is 11.0. The van der Waals surface area contributed by atoms with E-state index in [4.69, 9.17) is 5.11 Å². The van der Waals surface area contributed by atoms with E-state index >= 15 is 0 Å². The summed E-state index contributed by atoms with van der Waals surface area (Å²) in [6, 6.07) is 0.993. The third-order valence-corrected chi connectivity index (χ3v) is 2.65. The number of halogens is 3. The fraction of sp³-hybridized carbons (Fsp3) is 0.250. The quantitative estimate of drug-likeness (QED) is 0.936. The number of hydrogen-bond donors (Lipinski definition) is 1. The topological polar surface area (TPSA) is 68.0 Å². The SMILES string of the molecule is CCCc1c(C(=O)O)nnn1-c1c(F)cc(F)cc1F. The van der Waals surface area contributed by atoms with Crippen LogP contribution in [-0.2, 0) is 6.42 Å². The van der Waals surface area contributed by atoms with Crippen molar-refractivity contribution in [1.29, 1.82) is 0 Å². The van der Waals surface area contributed by atoms with Gasteiger partial charge in [-0.15, -0.1) is 5.10 Å². The first-order valence-electron chi connectivity index (χ1n) is 5.78. The molecule has 0 amide bonds. The molecular formula is C12H10F3N3O2. The van der Waals surface area contributed by atoms with Crippen molar-refractivity contribution in [3.05, 3.63) is 41.0 Å². The van der Waals surface area contributed by atoms with E-state index in [1.165, 1.54) is 0 Å². The molecule has 0 aliphatic carbocycles. The van der Waals surface area contributed by atoms with Crippen molar-refractivity contribution in [3.8, 4) is 5.69 Å². The number of carboxylic acid groups (broad SMARTS) is 1. The third-order valence-electron chi connectivity index (χ3n) is 2.65. The predicted molar refractivity (Wildman–Crippen MR) is 62.2 cm³/mol. The maximum atomic E-state index is 13.7. The Labute approximate surface area is 111 Å². The van der Waals surface area contributed by atoms with Crippen molar-refractivity contribution in [2.75, 3.05) is 0 Å². The molecule has 8 heteroatoms. The van der Waals surface area contributed by atoms with E-state index in [-0.39, 0.29) is 17.8 Å². The molecule has 0 saturated carbocycles. The number of rotatable bonds is 4. The molecule has 0 aliphatic rings. The van der Waals surface area contributed by atoms with E-state index in [2.05, 4.69) is 10.3 Å². The Balaban J connectivity index is 2.67. The lowest BCUT2D eigenvalue weighted by Gasteiger charge is -2.08. The van der Waals surface area contributed by atoms with Gasteiger partial charge in [0.15, 0.2) is 17.3 Å². The average Bonchev–Trinajstić information content (AvgIpc) is 2.72. The molecule has 1 N–H and O–H groups in total. The molecule has 0 aliphatic heterocycles. The Morgan fingerprint density at radius 2 is 1.90 bits per heavy atom. The Kier molecular flexibility index (Phi) is 3.73. The van der Waals surface area contributed by atoms with Crippen LogP contribution in [0.3, 0.4) is 0 Å². The highest BCUT2D eigenvalue weighted by molar-refractivity contribution is 5.86. The van der Waals surface area contributed by atoms with Crippen LogP contribution in [0.15, 0.2) is 12.1 Å². The highest BCUT2D eigenvalue weighted by Gasteiger charge is 2.23. The molecule has 0 bridgehead atoms. The van der Waals surface area contributed by atoms with E-state index in [1.807, 2.05) is 0 Å². The van der Waals surface area contributed by atoms with E-state index in [0.29, 0.717) is 18.6 Å². The average molecular weight is 285 g/mol. The molecular weight excluding hydrogens is 275 g/mol. The lowest BCUT2D eigenvalue weighted by atomic mass is 10.2. The lowest BCUT2D eigenvalue weighted by molar-refractivity contribution is 0.0689. The van der Waals surface area contributed by atoms with Crippen LogP contribution >= 0.6 is 0 Å². The monoisotopic (exact) mass is 285 g/mol. The zero-order chi connectivity index (χ0) is 14.9. The van der Waals surface area contributed by atoms with Crippen molar-refractivity contribution in [2.24, 2.45) is 0 Å². The van der Waals surface area contributed by atoms with Crippen molar-refractivity contribution in [1.82, 2.24) is 15.0 Å². The minimum Gasteiger partial charge on any atom is -0.476 e. The van der Waals surface area contributed by atoms with E-state index < -0.39 is 29.1 Å². The second-order valence-electron chi connectivity index (χ2n) is 4.07. The van der Waals surface area contributed by atoms with Crippen LogP contribution < -0.4 is 0 Å². The molecule has 0 radical (unpaired) electrons. The van der Waals surface area contributed by atoms with Gasteiger partial charge in [-0.25, -0.2) is 22.6 Å². The van der Waals surface area contributed by atoms with Crippen LogP contribution in [0.1, 0.15) is 29.5 Å². The Bertz CT molecular complexity index is 647. The van der Waals surface area contributed by atoms with E-state index in [0.717, 1.165) is 4.68 Å².